The Labute approximate surface area is 83.5 Å². The van der Waals surface area contributed by atoms with E-state index >= 15 is 0 Å². The molecule has 0 saturated heterocycles. The Morgan fingerprint density at radius 2 is 2.42 bits per heavy atom. The van der Waals surface area contributed by atoms with Crippen LogP contribution in [0.2, 0.25) is 0 Å². The van der Waals surface area contributed by atoms with Gasteiger partial charge in [-0.25, -0.2) is 4.79 Å². The summed E-state index contributed by atoms with van der Waals surface area (Å²) < 4.78 is 1.08. The second-order valence-electron chi connectivity index (χ2n) is 2.45. The van der Waals surface area contributed by atoms with E-state index in [1.54, 1.807) is 17.4 Å². The molecule has 0 saturated carbocycles. The highest BCUT2D eigenvalue weighted by Crippen LogP contribution is 2.31. The maximum Gasteiger partial charge on any atom is 0.235 e. The van der Waals surface area contributed by atoms with Crippen molar-refractivity contribution in [2.45, 2.75) is 19.9 Å². The Balaban J connectivity index is 2.95. The first kappa shape index (κ1) is 9.65. The summed E-state index contributed by atoms with van der Waals surface area (Å²) in [6, 6.07) is 1.92. The van der Waals surface area contributed by atoms with Crippen LogP contribution in [0, 0.1) is 6.92 Å². The maximum atomic E-state index is 9.98. The third-order valence-corrected chi connectivity index (χ3v) is 3.84. The van der Waals surface area contributed by atoms with Crippen molar-refractivity contribution in [2.24, 2.45) is 4.99 Å². The molecule has 12 heavy (non-hydrogen) atoms. The van der Waals surface area contributed by atoms with Gasteiger partial charge >= 0.3 is 0 Å². The lowest BCUT2D eigenvalue weighted by atomic mass is 10.3. The van der Waals surface area contributed by atoms with E-state index < -0.39 is 0 Å². The summed E-state index contributed by atoms with van der Waals surface area (Å²) in [5.41, 5.74) is 0. The van der Waals surface area contributed by atoms with Crippen molar-refractivity contribution in [1.29, 1.82) is 0 Å². The molecule has 0 N–H and O–H groups in total. The molecule has 0 spiro atoms. The fourth-order valence-corrected chi connectivity index (χ4v) is 2.38. The van der Waals surface area contributed by atoms with Crippen molar-refractivity contribution in [3.8, 4) is 0 Å². The zero-order chi connectivity index (χ0) is 9.14. The lowest BCUT2D eigenvalue weighted by Crippen LogP contribution is -1.82. The van der Waals surface area contributed by atoms with E-state index in [0.717, 1.165) is 9.35 Å². The molecule has 0 radical (unpaired) electrons. The number of aryl methyl sites for hydroxylation is 1. The highest BCUT2D eigenvalue weighted by molar-refractivity contribution is 9.10. The van der Waals surface area contributed by atoms with Crippen molar-refractivity contribution in [2.75, 3.05) is 0 Å². The van der Waals surface area contributed by atoms with Gasteiger partial charge in [0.1, 0.15) is 0 Å². The summed E-state index contributed by atoms with van der Waals surface area (Å²) >= 11 is 5.05. The fourth-order valence-electron chi connectivity index (χ4n) is 0.830. The number of carbonyl (C=O) groups excluding carboxylic acids is 1. The molecule has 0 aliphatic rings. The number of hydrogen-bond acceptors (Lipinski definition) is 3. The van der Waals surface area contributed by atoms with E-state index in [9.17, 15) is 4.79 Å². The Bertz CT molecular complexity index is 308. The van der Waals surface area contributed by atoms with Crippen LogP contribution in [-0.2, 0) is 4.79 Å². The van der Waals surface area contributed by atoms with Crippen LogP contribution in [0.5, 0.6) is 0 Å². The third kappa shape index (κ3) is 2.03. The van der Waals surface area contributed by atoms with Gasteiger partial charge in [0.15, 0.2) is 0 Å². The van der Waals surface area contributed by atoms with Crippen LogP contribution < -0.4 is 0 Å². The number of nitrogens with zero attached hydrogens (tertiary/aromatic N) is 1. The molecule has 0 amide bonds. The topological polar surface area (TPSA) is 29.4 Å². The second-order valence-corrected chi connectivity index (χ2v) is 4.59. The number of hydrogen-bond donors (Lipinski definition) is 0. The number of halogens is 1. The molecule has 64 valence electrons. The molecule has 1 heterocycles. The van der Waals surface area contributed by atoms with Crippen LogP contribution in [0.4, 0.5) is 0 Å². The number of rotatable bonds is 2. The fraction of sp³-hybridized carbons (Fsp3) is 0.375. The Hall–Kier alpha value is -0.440. The zero-order valence-electron chi connectivity index (χ0n) is 6.80. The van der Waals surface area contributed by atoms with Crippen LogP contribution in [0.25, 0.3) is 0 Å². The zero-order valence-corrected chi connectivity index (χ0v) is 9.20. The van der Waals surface area contributed by atoms with Gasteiger partial charge in [0.2, 0.25) is 6.08 Å². The highest BCUT2D eigenvalue weighted by Gasteiger charge is 2.08. The standard InChI is InChI=1S/C8H8BrNOS/c1-5(10-4-11)8-3-7(9)6(2)12-8/h3,5H,1-2H3. The van der Waals surface area contributed by atoms with Crippen molar-refractivity contribution in [1.82, 2.24) is 0 Å². The van der Waals surface area contributed by atoms with Crippen LogP contribution in [0.15, 0.2) is 15.5 Å². The SMILES string of the molecule is Cc1sc(C(C)N=C=O)cc1Br. The quantitative estimate of drug-likeness (QED) is 0.582. The van der Waals surface area contributed by atoms with Crippen LogP contribution in [0.1, 0.15) is 22.7 Å². The molecule has 1 aromatic heterocycles. The summed E-state index contributed by atoms with van der Waals surface area (Å²) in [5.74, 6) is 0. The van der Waals surface area contributed by atoms with Gasteiger partial charge in [0.05, 0.1) is 6.04 Å². The maximum absolute atomic E-state index is 9.98. The predicted octanol–water partition coefficient (Wildman–Crippen LogP) is 3.22. The van der Waals surface area contributed by atoms with E-state index in [-0.39, 0.29) is 6.04 Å². The molecule has 0 aromatic carbocycles. The van der Waals surface area contributed by atoms with E-state index in [0.29, 0.717) is 0 Å². The van der Waals surface area contributed by atoms with Gasteiger partial charge in [0.25, 0.3) is 0 Å². The van der Waals surface area contributed by atoms with E-state index in [1.807, 2.05) is 19.9 Å². The highest BCUT2D eigenvalue weighted by atomic mass is 79.9. The monoisotopic (exact) mass is 245 g/mol. The van der Waals surface area contributed by atoms with Gasteiger partial charge in [-0.05, 0) is 35.8 Å². The molecule has 1 rings (SSSR count). The molecule has 1 aromatic rings. The van der Waals surface area contributed by atoms with Crippen LogP contribution in [0.3, 0.4) is 0 Å². The summed E-state index contributed by atoms with van der Waals surface area (Å²) in [4.78, 5) is 15.9. The van der Waals surface area contributed by atoms with Crippen molar-refractivity contribution in [3.05, 3.63) is 20.3 Å². The summed E-state index contributed by atoms with van der Waals surface area (Å²) in [6.07, 6.45) is 1.56. The normalized spacial score (nSPS) is 12.2. The lowest BCUT2D eigenvalue weighted by Gasteiger charge is -1.96. The molecule has 0 aliphatic heterocycles. The smallest absolute Gasteiger partial charge is 0.211 e. The lowest BCUT2D eigenvalue weighted by molar-refractivity contribution is 0.560. The number of thiophene rings is 1. The Morgan fingerprint density at radius 1 is 1.75 bits per heavy atom. The van der Waals surface area contributed by atoms with Crippen molar-refractivity contribution < 1.29 is 4.79 Å². The van der Waals surface area contributed by atoms with Gasteiger partial charge < -0.3 is 0 Å². The first-order valence-corrected chi connectivity index (χ1v) is 5.09. The van der Waals surface area contributed by atoms with Crippen molar-refractivity contribution >= 4 is 33.3 Å². The van der Waals surface area contributed by atoms with E-state index in [4.69, 9.17) is 0 Å². The van der Waals surface area contributed by atoms with Crippen molar-refractivity contribution in [3.63, 3.8) is 0 Å². The minimum atomic E-state index is -0.0718. The summed E-state index contributed by atoms with van der Waals surface area (Å²) in [7, 11) is 0. The molecule has 1 atom stereocenters. The summed E-state index contributed by atoms with van der Waals surface area (Å²) in [6.45, 7) is 3.90. The molecule has 1 unspecified atom stereocenters. The van der Waals surface area contributed by atoms with Crippen LogP contribution >= 0.6 is 27.3 Å². The molecule has 2 nitrogen and oxygen atoms in total. The van der Waals surface area contributed by atoms with E-state index in [1.165, 1.54) is 4.88 Å². The molecular weight excluding hydrogens is 238 g/mol. The average Bonchev–Trinajstić information content (AvgIpc) is 2.33. The first-order chi connectivity index (χ1) is 5.65. The average molecular weight is 246 g/mol. The molecule has 0 bridgehead atoms. The van der Waals surface area contributed by atoms with E-state index in [2.05, 4.69) is 20.9 Å². The van der Waals surface area contributed by atoms with Gasteiger partial charge in [-0.1, -0.05) is 0 Å². The Morgan fingerprint density at radius 3 is 2.83 bits per heavy atom. The first-order valence-electron chi connectivity index (χ1n) is 3.48. The van der Waals surface area contributed by atoms with Crippen LogP contribution in [-0.4, -0.2) is 6.08 Å². The predicted molar refractivity (Wildman–Crippen MR) is 53.3 cm³/mol. The van der Waals surface area contributed by atoms with Gasteiger partial charge in [-0.2, -0.15) is 4.99 Å². The second kappa shape index (κ2) is 3.99. The number of isocyanates is 1. The third-order valence-electron chi connectivity index (χ3n) is 1.53. The Kier molecular flexibility index (Phi) is 3.20. The minimum absolute atomic E-state index is 0.0718. The molecule has 0 aliphatic carbocycles. The van der Waals surface area contributed by atoms with Gasteiger partial charge in [-0.3, -0.25) is 0 Å². The summed E-state index contributed by atoms with van der Waals surface area (Å²) in [5, 5.41) is 0. The number of aliphatic imine (C=N–C) groups is 1. The van der Waals surface area contributed by atoms with Gasteiger partial charge in [0, 0.05) is 14.2 Å². The molecular formula is C8H8BrNOS. The van der Waals surface area contributed by atoms with Gasteiger partial charge in [-0.15, -0.1) is 11.3 Å². The minimum Gasteiger partial charge on any atom is -0.211 e. The molecule has 0 fully saturated rings. The largest absolute Gasteiger partial charge is 0.235 e. The molecule has 4 heteroatoms.